The summed E-state index contributed by atoms with van der Waals surface area (Å²) in [6, 6.07) is 15.6. The largest absolute Gasteiger partial charge is 0.493 e. The molecule has 10 nitrogen and oxygen atoms in total. The predicted molar refractivity (Wildman–Crippen MR) is 158 cm³/mol. The van der Waals surface area contributed by atoms with Crippen LogP contribution in [-0.2, 0) is 17.8 Å². The number of nitro groups is 1. The van der Waals surface area contributed by atoms with Crippen LogP contribution in [-0.4, -0.2) is 42.2 Å². The quantitative estimate of drug-likeness (QED) is 0.328. The Morgan fingerprint density at radius 2 is 1.83 bits per heavy atom. The molecule has 2 bridgehead atoms. The summed E-state index contributed by atoms with van der Waals surface area (Å²) >= 11 is 0. The molecule has 3 aliphatic heterocycles. The van der Waals surface area contributed by atoms with Crippen LogP contribution < -0.4 is 25.2 Å². The molecule has 0 radical (unpaired) electrons. The molecule has 3 aromatic rings. The van der Waals surface area contributed by atoms with E-state index in [0.29, 0.717) is 31.0 Å². The number of fused-ring (bicyclic) bond motifs is 8. The van der Waals surface area contributed by atoms with Gasteiger partial charge in [-0.3, -0.25) is 19.7 Å². The summed E-state index contributed by atoms with van der Waals surface area (Å²) in [6.45, 7) is 5.30. The molecule has 1 N–H and O–H groups in total. The number of nitro benzene ring substituents is 1. The molecule has 0 spiro atoms. The Bertz CT molecular complexity index is 1600. The SMILES string of the molecule is COc1ccc(C(NC(=O)[C@@H]2Cc3cc([N+](=O)[O-])ccc3N3CC4CC(Cn5c4cccc5=O)[C@@H]23)C(C)C)cc1OC. The topological polar surface area (TPSA) is 116 Å². The summed E-state index contributed by atoms with van der Waals surface area (Å²) in [5, 5.41) is 15.0. The second kappa shape index (κ2) is 10.8. The highest BCUT2D eigenvalue weighted by Crippen LogP contribution is 2.48. The van der Waals surface area contributed by atoms with Crippen molar-refractivity contribution in [2.24, 2.45) is 17.8 Å². The van der Waals surface area contributed by atoms with Gasteiger partial charge in [0.2, 0.25) is 5.91 Å². The van der Waals surface area contributed by atoms with Crippen molar-refractivity contribution in [3.05, 3.63) is 91.9 Å². The van der Waals surface area contributed by atoms with Crippen LogP contribution in [0.15, 0.2) is 59.4 Å². The summed E-state index contributed by atoms with van der Waals surface area (Å²) in [6.07, 6.45) is 1.28. The lowest BCUT2D eigenvalue weighted by Crippen LogP contribution is -2.61. The number of rotatable bonds is 7. The predicted octanol–water partition coefficient (Wildman–Crippen LogP) is 4.45. The summed E-state index contributed by atoms with van der Waals surface area (Å²) in [5.74, 6) is 0.942. The Morgan fingerprint density at radius 1 is 1.05 bits per heavy atom. The second-order valence-electron chi connectivity index (χ2n) is 12.0. The molecule has 1 fully saturated rings. The van der Waals surface area contributed by atoms with Gasteiger partial charge in [0, 0.05) is 54.6 Å². The van der Waals surface area contributed by atoms with Crippen LogP contribution >= 0.6 is 0 Å². The lowest BCUT2D eigenvalue weighted by Gasteiger charge is -2.54. The van der Waals surface area contributed by atoms with Crippen LogP contribution in [0.2, 0.25) is 0 Å². The van der Waals surface area contributed by atoms with Gasteiger partial charge in [-0.05, 0) is 60.1 Å². The number of ether oxygens (including phenoxy) is 2. The van der Waals surface area contributed by atoms with Crippen molar-refractivity contribution in [3.8, 4) is 11.5 Å². The average Bonchev–Trinajstić information content (AvgIpc) is 2.99. The minimum atomic E-state index is -0.451. The van der Waals surface area contributed by atoms with Gasteiger partial charge in [-0.15, -0.1) is 0 Å². The summed E-state index contributed by atoms with van der Waals surface area (Å²) in [4.78, 5) is 40.7. The molecular weight excluding hydrogens is 536 g/mol. The fraction of sp³-hybridized carbons (Fsp3) is 0.438. The van der Waals surface area contributed by atoms with Crippen LogP contribution in [0.5, 0.6) is 11.5 Å². The number of pyridine rings is 1. The number of piperidine rings is 1. The van der Waals surface area contributed by atoms with Crippen molar-refractivity contribution in [1.82, 2.24) is 9.88 Å². The zero-order valence-corrected chi connectivity index (χ0v) is 24.3. The number of hydrogen-bond acceptors (Lipinski definition) is 7. The zero-order valence-electron chi connectivity index (χ0n) is 24.3. The van der Waals surface area contributed by atoms with Gasteiger partial charge in [0.1, 0.15) is 0 Å². The van der Waals surface area contributed by atoms with Gasteiger partial charge in [0.15, 0.2) is 11.5 Å². The molecule has 1 saturated heterocycles. The Hall–Kier alpha value is -4.34. The molecule has 5 atom stereocenters. The van der Waals surface area contributed by atoms with E-state index in [0.717, 1.165) is 28.9 Å². The maximum atomic E-state index is 14.3. The monoisotopic (exact) mass is 572 g/mol. The smallest absolute Gasteiger partial charge is 0.269 e. The van der Waals surface area contributed by atoms with E-state index >= 15 is 0 Å². The second-order valence-corrected chi connectivity index (χ2v) is 12.0. The van der Waals surface area contributed by atoms with Crippen molar-refractivity contribution in [2.75, 3.05) is 25.7 Å². The third-order valence-electron chi connectivity index (χ3n) is 9.27. The maximum Gasteiger partial charge on any atom is 0.269 e. The number of carbonyl (C=O) groups excluding carboxylic acids is 1. The Kier molecular flexibility index (Phi) is 7.16. The van der Waals surface area contributed by atoms with Gasteiger partial charge >= 0.3 is 0 Å². The van der Waals surface area contributed by atoms with E-state index in [1.807, 2.05) is 41.0 Å². The highest BCUT2D eigenvalue weighted by Gasteiger charge is 2.49. The number of non-ortho nitro benzene ring substituents is 1. The molecule has 0 aliphatic carbocycles. The molecule has 2 aromatic carbocycles. The number of methoxy groups -OCH3 is 2. The van der Waals surface area contributed by atoms with E-state index < -0.39 is 5.92 Å². The molecule has 3 aliphatic rings. The molecule has 1 aromatic heterocycles. The van der Waals surface area contributed by atoms with E-state index in [9.17, 15) is 19.7 Å². The molecule has 4 heterocycles. The van der Waals surface area contributed by atoms with Gasteiger partial charge in [-0.25, -0.2) is 0 Å². The van der Waals surface area contributed by atoms with Crippen LogP contribution in [0.3, 0.4) is 0 Å². The van der Waals surface area contributed by atoms with Gasteiger partial charge in [0.05, 0.1) is 31.1 Å². The van der Waals surface area contributed by atoms with Crippen molar-refractivity contribution in [3.63, 3.8) is 0 Å². The molecule has 0 saturated carbocycles. The van der Waals surface area contributed by atoms with Crippen LogP contribution in [0.4, 0.5) is 11.4 Å². The van der Waals surface area contributed by atoms with Crippen LogP contribution in [0, 0.1) is 27.9 Å². The highest BCUT2D eigenvalue weighted by atomic mass is 16.6. The number of anilines is 1. The fourth-order valence-corrected chi connectivity index (χ4v) is 7.39. The number of benzene rings is 2. The lowest BCUT2D eigenvalue weighted by molar-refractivity contribution is -0.384. The first-order valence-electron chi connectivity index (χ1n) is 14.5. The third kappa shape index (κ3) is 4.68. The Labute approximate surface area is 244 Å². The standard InChI is InChI=1S/C32H36N4O6/c1-18(2)30(19-8-11-27(41-3)28(15-19)42-4)33-32(38)24-14-20-13-23(36(39)40)9-10-26(20)35-16-21-12-22(31(24)35)17-34-25(21)6-5-7-29(34)37/h5-11,13,15,18,21-22,24,30-31H,12,14,16-17H2,1-4H3,(H,33,38)/t21?,22?,24-,30?,31+/m1/s1. The van der Waals surface area contributed by atoms with Crippen molar-refractivity contribution in [1.29, 1.82) is 0 Å². The number of nitrogens with zero attached hydrogens (tertiary/aromatic N) is 3. The van der Waals surface area contributed by atoms with Gasteiger partial charge in [-0.2, -0.15) is 0 Å². The minimum Gasteiger partial charge on any atom is -0.493 e. The van der Waals surface area contributed by atoms with Gasteiger partial charge in [0.25, 0.3) is 11.2 Å². The molecule has 1 amide bonds. The molecule has 3 unspecified atom stereocenters. The van der Waals surface area contributed by atoms with Gasteiger partial charge in [-0.1, -0.05) is 26.0 Å². The number of aromatic nitrogens is 1. The number of amides is 1. The van der Waals surface area contributed by atoms with E-state index in [2.05, 4.69) is 24.1 Å². The molecule has 42 heavy (non-hydrogen) atoms. The van der Waals surface area contributed by atoms with Crippen molar-refractivity contribution in [2.45, 2.75) is 51.2 Å². The van der Waals surface area contributed by atoms with Crippen molar-refractivity contribution < 1.29 is 19.2 Å². The molecule has 220 valence electrons. The molecule has 6 rings (SSSR count). The first-order valence-corrected chi connectivity index (χ1v) is 14.5. The lowest BCUT2D eigenvalue weighted by atomic mass is 9.70. The first-order chi connectivity index (χ1) is 20.2. The van der Waals surface area contributed by atoms with Crippen molar-refractivity contribution >= 4 is 17.3 Å². The number of hydrogen-bond donors (Lipinski definition) is 1. The molecule has 10 heteroatoms. The fourth-order valence-electron chi connectivity index (χ4n) is 7.39. The van der Waals surface area contributed by atoms with Crippen LogP contribution in [0.25, 0.3) is 0 Å². The normalized spacial score (nSPS) is 22.8. The zero-order chi connectivity index (χ0) is 29.7. The average molecular weight is 573 g/mol. The summed E-state index contributed by atoms with van der Waals surface area (Å²) in [7, 11) is 3.17. The third-order valence-corrected chi connectivity index (χ3v) is 9.27. The Morgan fingerprint density at radius 3 is 2.55 bits per heavy atom. The minimum absolute atomic E-state index is 0.0168. The van der Waals surface area contributed by atoms with Gasteiger partial charge < -0.3 is 24.3 Å². The van der Waals surface area contributed by atoms with E-state index in [1.54, 1.807) is 32.4 Å². The Balaban J connectivity index is 1.38. The summed E-state index contributed by atoms with van der Waals surface area (Å²) in [5.41, 5.74) is 3.67. The summed E-state index contributed by atoms with van der Waals surface area (Å²) < 4.78 is 12.8. The highest BCUT2D eigenvalue weighted by molar-refractivity contribution is 5.83. The maximum absolute atomic E-state index is 14.3. The van der Waals surface area contributed by atoms with E-state index in [-0.39, 0.29) is 51.9 Å². The van der Waals surface area contributed by atoms with Crippen LogP contribution in [0.1, 0.15) is 49.0 Å². The van der Waals surface area contributed by atoms with E-state index in [4.69, 9.17) is 9.47 Å². The number of carbonyl (C=O) groups is 1. The van der Waals surface area contributed by atoms with E-state index in [1.165, 1.54) is 0 Å². The number of nitrogens with one attached hydrogen (secondary N) is 1. The first kappa shape index (κ1) is 27.8. The molecular formula is C32H36N4O6.